The molecule has 21 heavy (non-hydrogen) atoms. The fourth-order valence-electron chi connectivity index (χ4n) is 1.66. The maximum atomic E-state index is 12.8. The molecule has 0 aliphatic carbocycles. The molecule has 1 N–H and O–H groups in total. The van der Waals surface area contributed by atoms with Gasteiger partial charge in [0.2, 0.25) is 0 Å². The predicted octanol–water partition coefficient (Wildman–Crippen LogP) is 3.45. The molecule has 0 unspecified atom stereocenters. The van der Waals surface area contributed by atoms with Crippen molar-refractivity contribution in [3.63, 3.8) is 0 Å². The molecular weight excluding hydrogens is 277 g/mol. The largest absolute Gasteiger partial charge is 0.497 e. The number of hydrogen-bond acceptors (Lipinski definition) is 4. The molecule has 0 bridgehead atoms. The van der Waals surface area contributed by atoms with Crippen LogP contribution in [0, 0.1) is 5.82 Å². The van der Waals surface area contributed by atoms with E-state index in [0.29, 0.717) is 17.2 Å². The average Bonchev–Trinajstić information content (AvgIpc) is 2.49. The number of rotatable bonds is 4. The third-order valence-electron chi connectivity index (χ3n) is 2.67. The number of anilines is 1. The van der Waals surface area contributed by atoms with Gasteiger partial charge in [-0.1, -0.05) is 0 Å². The first-order valence-electron chi connectivity index (χ1n) is 6.09. The summed E-state index contributed by atoms with van der Waals surface area (Å²) in [5.41, 5.74) is 0.406. The van der Waals surface area contributed by atoms with Gasteiger partial charge in [0.15, 0.2) is 0 Å². The van der Waals surface area contributed by atoms with Crippen molar-refractivity contribution < 1.29 is 23.4 Å². The van der Waals surface area contributed by atoms with Gasteiger partial charge in [0, 0.05) is 6.07 Å². The lowest BCUT2D eigenvalue weighted by molar-refractivity contribution is 0.215. The molecule has 0 aliphatic rings. The summed E-state index contributed by atoms with van der Waals surface area (Å²) < 4.78 is 28.0. The fourth-order valence-corrected chi connectivity index (χ4v) is 1.66. The van der Waals surface area contributed by atoms with Crippen LogP contribution in [0.3, 0.4) is 0 Å². The molecule has 110 valence electrons. The highest BCUT2D eigenvalue weighted by molar-refractivity contribution is 5.88. The standard InChI is InChI=1S/C15H14FNO4/c1-19-12-7-8-14(20-2)13(9-12)17-15(18)21-11-5-3-10(16)4-6-11/h3-9H,1-2H3,(H,17,18). The van der Waals surface area contributed by atoms with Crippen molar-refractivity contribution in [2.75, 3.05) is 19.5 Å². The van der Waals surface area contributed by atoms with Gasteiger partial charge < -0.3 is 14.2 Å². The van der Waals surface area contributed by atoms with Crippen LogP contribution in [0.2, 0.25) is 0 Å². The number of methoxy groups -OCH3 is 2. The Morgan fingerprint density at radius 1 is 1.00 bits per heavy atom. The number of hydrogen-bond donors (Lipinski definition) is 1. The van der Waals surface area contributed by atoms with Gasteiger partial charge in [-0.2, -0.15) is 0 Å². The van der Waals surface area contributed by atoms with Crippen LogP contribution in [0.1, 0.15) is 0 Å². The minimum absolute atomic E-state index is 0.232. The van der Waals surface area contributed by atoms with E-state index in [1.165, 1.54) is 38.5 Å². The Labute approximate surface area is 121 Å². The first kappa shape index (κ1) is 14.6. The summed E-state index contributed by atoms with van der Waals surface area (Å²) in [6.07, 6.45) is -0.715. The van der Waals surface area contributed by atoms with Crippen LogP contribution in [0.15, 0.2) is 42.5 Å². The van der Waals surface area contributed by atoms with Crippen LogP contribution >= 0.6 is 0 Å². The monoisotopic (exact) mass is 291 g/mol. The number of ether oxygens (including phenoxy) is 3. The molecule has 0 radical (unpaired) electrons. The van der Waals surface area contributed by atoms with Crippen LogP contribution in [0.25, 0.3) is 0 Å². The summed E-state index contributed by atoms with van der Waals surface area (Å²) in [6, 6.07) is 10.1. The molecule has 2 aromatic rings. The molecule has 0 spiro atoms. The lowest BCUT2D eigenvalue weighted by atomic mass is 10.2. The smallest absolute Gasteiger partial charge is 0.417 e. The van der Waals surface area contributed by atoms with E-state index in [1.807, 2.05) is 0 Å². The minimum Gasteiger partial charge on any atom is -0.497 e. The van der Waals surface area contributed by atoms with Crippen molar-refractivity contribution in [3.05, 3.63) is 48.3 Å². The van der Waals surface area contributed by atoms with E-state index >= 15 is 0 Å². The van der Waals surface area contributed by atoms with E-state index in [1.54, 1.807) is 18.2 Å². The van der Waals surface area contributed by atoms with Crippen LogP contribution in [-0.4, -0.2) is 20.3 Å². The van der Waals surface area contributed by atoms with E-state index in [4.69, 9.17) is 14.2 Å². The van der Waals surface area contributed by atoms with Gasteiger partial charge in [0.25, 0.3) is 0 Å². The number of amides is 1. The van der Waals surface area contributed by atoms with E-state index in [9.17, 15) is 9.18 Å². The molecule has 0 fully saturated rings. The molecule has 0 aliphatic heterocycles. The highest BCUT2D eigenvalue weighted by Gasteiger charge is 2.10. The summed E-state index contributed by atoms with van der Waals surface area (Å²) >= 11 is 0. The van der Waals surface area contributed by atoms with E-state index in [-0.39, 0.29) is 5.75 Å². The minimum atomic E-state index is -0.715. The average molecular weight is 291 g/mol. The lowest BCUT2D eigenvalue weighted by Crippen LogP contribution is -2.17. The van der Waals surface area contributed by atoms with Gasteiger partial charge >= 0.3 is 6.09 Å². The van der Waals surface area contributed by atoms with Crippen LogP contribution in [-0.2, 0) is 0 Å². The second-order valence-electron chi connectivity index (χ2n) is 4.03. The van der Waals surface area contributed by atoms with Gasteiger partial charge in [-0.25, -0.2) is 9.18 Å². The van der Waals surface area contributed by atoms with Crippen molar-refractivity contribution >= 4 is 11.8 Å². The molecule has 1 amide bonds. The normalized spacial score (nSPS) is 9.86. The Morgan fingerprint density at radius 2 is 1.67 bits per heavy atom. The topological polar surface area (TPSA) is 56.8 Å². The molecule has 2 rings (SSSR count). The Morgan fingerprint density at radius 3 is 2.29 bits per heavy atom. The van der Waals surface area contributed by atoms with Gasteiger partial charge in [-0.05, 0) is 36.4 Å². The van der Waals surface area contributed by atoms with Gasteiger partial charge in [0.05, 0.1) is 19.9 Å². The summed E-state index contributed by atoms with van der Waals surface area (Å²) in [4.78, 5) is 11.8. The van der Waals surface area contributed by atoms with Gasteiger partial charge in [0.1, 0.15) is 23.1 Å². The number of nitrogens with one attached hydrogen (secondary N) is 1. The van der Waals surface area contributed by atoms with Crippen molar-refractivity contribution in [3.8, 4) is 17.2 Å². The Bertz CT molecular complexity index is 628. The molecule has 0 saturated heterocycles. The van der Waals surface area contributed by atoms with Crippen molar-refractivity contribution in [1.29, 1.82) is 0 Å². The third kappa shape index (κ3) is 3.85. The molecule has 6 heteroatoms. The molecular formula is C15H14FNO4. The second-order valence-corrected chi connectivity index (χ2v) is 4.03. The summed E-state index contributed by atoms with van der Waals surface area (Å²) in [7, 11) is 3.00. The summed E-state index contributed by atoms with van der Waals surface area (Å²) in [5.74, 6) is 0.854. The Kier molecular flexibility index (Phi) is 4.61. The van der Waals surface area contributed by atoms with Crippen LogP contribution < -0.4 is 19.5 Å². The highest BCUT2D eigenvalue weighted by Crippen LogP contribution is 2.29. The summed E-state index contributed by atoms with van der Waals surface area (Å²) in [6.45, 7) is 0. The number of halogens is 1. The van der Waals surface area contributed by atoms with Gasteiger partial charge in [-0.3, -0.25) is 5.32 Å². The molecule has 2 aromatic carbocycles. The lowest BCUT2D eigenvalue weighted by Gasteiger charge is -2.11. The first-order chi connectivity index (χ1) is 10.1. The third-order valence-corrected chi connectivity index (χ3v) is 2.67. The SMILES string of the molecule is COc1ccc(OC)c(NC(=O)Oc2ccc(F)cc2)c1. The molecule has 0 saturated carbocycles. The summed E-state index contributed by atoms with van der Waals surface area (Å²) in [5, 5.41) is 2.54. The fraction of sp³-hybridized carbons (Fsp3) is 0.133. The van der Waals surface area contributed by atoms with Crippen LogP contribution in [0.4, 0.5) is 14.9 Å². The Balaban J connectivity index is 2.09. The number of carbonyl (C=O) groups excluding carboxylic acids is 1. The van der Waals surface area contributed by atoms with E-state index in [0.717, 1.165) is 0 Å². The molecule has 0 atom stereocenters. The van der Waals surface area contributed by atoms with Crippen molar-refractivity contribution in [2.45, 2.75) is 0 Å². The maximum absolute atomic E-state index is 12.8. The zero-order chi connectivity index (χ0) is 15.2. The van der Waals surface area contributed by atoms with E-state index < -0.39 is 11.9 Å². The molecule has 0 aromatic heterocycles. The number of carbonyl (C=O) groups is 1. The predicted molar refractivity (Wildman–Crippen MR) is 75.6 cm³/mol. The molecule has 5 nitrogen and oxygen atoms in total. The van der Waals surface area contributed by atoms with Crippen LogP contribution in [0.5, 0.6) is 17.2 Å². The quantitative estimate of drug-likeness (QED) is 0.937. The van der Waals surface area contributed by atoms with Crippen molar-refractivity contribution in [1.82, 2.24) is 0 Å². The second kappa shape index (κ2) is 6.60. The molecule has 0 heterocycles. The maximum Gasteiger partial charge on any atom is 0.417 e. The zero-order valence-electron chi connectivity index (χ0n) is 11.6. The number of benzene rings is 2. The van der Waals surface area contributed by atoms with E-state index in [2.05, 4.69) is 5.32 Å². The van der Waals surface area contributed by atoms with Crippen molar-refractivity contribution in [2.24, 2.45) is 0 Å². The zero-order valence-corrected chi connectivity index (χ0v) is 11.6. The highest BCUT2D eigenvalue weighted by atomic mass is 19.1. The van der Waals surface area contributed by atoms with Gasteiger partial charge in [-0.15, -0.1) is 0 Å². The Hall–Kier alpha value is -2.76. The first-order valence-corrected chi connectivity index (χ1v) is 6.09.